The van der Waals surface area contributed by atoms with Gasteiger partial charge in [-0.2, -0.15) is 0 Å². The lowest BCUT2D eigenvalue weighted by Crippen LogP contribution is -2.29. The van der Waals surface area contributed by atoms with E-state index in [1.807, 2.05) is 0 Å². The fraction of sp³-hybridized carbons (Fsp3) is 0.625. The molecule has 1 fully saturated rings. The molecule has 18 heavy (non-hydrogen) atoms. The topological polar surface area (TPSA) is 12.0 Å². The third-order valence-corrected chi connectivity index (χ3v) is 5.00. The van der Waals surface area contributed by atoms with Crippen molar-refractivity contribution in [3.8, 4) is 0 Å². The monoisotopic (exact) mass is 309 g/mol. The number of nitrogens with one attached hydrogen (secondary N) is 1. The summed E-state index contributed by atoms with van der Waals surface area (Å²) in [5.41, 5.74) is 1.46. The summed E-state index contributed by atoms with van der Waals surface area (Å²) in [5.74, 6) is 1.70. The maximum absolute atomic E-state index is 3.68. The highest BCUT2D eigenvalue weighted by molar-refractivity contribution is 9.10. The second-order valence-corrected chi connectivity index (χ2v) is 6.37. The van der Waals surface area contributed by atoms with E-state index in [9.17, 15) is 0 Å². The van der Waals surface area contributed by atoms with Crippen LogP contribution < -0.4 is 5.32 Å². The van der Waals surface area contributed by atoms with Crippen molar-refractivity contribution in [2.24, 2.45) is 11.8 Å². The highest BCUT2D eigenvalue weighted by Gasteiger charge is 2.23. The van der Waals surface area contributed by atoms with E-state index in [1.165, 1.54) is 48.6 Å². The molecule has 0 amide bonds. The number of rotatable bonds is 5. The van der Waals surface area contributed by atoms with Crippen LogP contribution >= 0.6 is 15.9 Å². The molecule has 0 saturated heterocycles. The van der Waals surface area contributed by atoms with Gasteiger partial charge in [-0.25, -0.2) is 0 Å². The van der Waals surface area contributed by atoms with E-state index >= 15 is 0 Å². The quantitative estimate of drug-likeness (QED) is 0.849. The Kier molecular flexibility index (Phi) is 5.71. The van der Waals surface area contributed by atoms with Gasteiger partial charge in [0.15, 0.2) is 0 Å². The van der Waals surface area contributed by atoms with E-state index in [1.54, 1.807) is 0 Å². The molecule has 1 aliphatic rings. The first-order chi connectivity index (χ1) is 8.81. The number of hydrogen-bond acceptors (Lipinski definition) is 1. The summed E-state index contributed by atoms with van der Waals surface area (Å²) < 4.78 is 1.27. The summed E-state index contributed by atoms with van der Waals surface area (Å²) >= 11 is 3.68. The fourth-order valence-corrected chi connectivity index (χ4v) is 3.67. The van der Waals surface area contributed by atoms with Crippen LogP contribution in [0.2, 0.25) is 0 Å². The van der Waals surface area contributed by atoms with Crippen molar-refractivity contribution < 1.29 is 0 Å². The summed E-state index contributed by atoms with van der Waals surface area (Å²) in [5, 5.41) is 3.39. The van der Waals surface area contributed by atoms with Crippen LogP contribution in [0.1, 0.15) is 37.7 Å². The van der Waals surface area contributed by atoms with Crippen LogP contribution in [0.25, 0.3) is 0 Å². The van der Waals surface area contributed by atoms with Crippen LogP contribution in [0.3, 0.4) is 0 Å². The molecule has 0 spiro atoms. The fourth-order valence-electron chi connectivity index (χ4n) is 3.22. The van der Waals surface area contributed by atoms with Gasteiger partial charge < -0.3 is 5.32 Å². The standard InChI is InChI=1S/C16H24BrN/c1-18-12-15(13-7-3-2-4-8-13)11-14-9-5-6-10-16(14)17/h5-6,9-10,13,15,18H,2-4,7-8,11-12H2,1H3. The van der Waals surface area contributed by atoms with E-state index in [0.717, 1.165) is 18.4 Å². The molecule has 1 atom stereocenters. The third-order valence-electron chi connectivity index (χ3n) is 4.22. The minimum Gasteiger partial charge on any atom is -0.319 e. The molecule has 1 saturated carbocycles. The van der Waals surface area contributed by atoms with Crippen molar-refractivity contribution in [2.45, 2.75) is 38.5 Å². The second kappa shape index (κ2) is 7.30. The first-order valence-corrected chi connectivity index (χ1v) is 7.98. The van der Waals surface area contributed by atoms with Crippen molar-refractivity contribution >= 4 is 15.9 Å². The molecule has 100 valence electrons. The first-order valence-electron chi connectivity index (χ1n) is 7.19. The average molecular weight is 310 g/mol. The van der Waals surface area contributed by atoms with Gasteiger partial charge in [0.1, 0.15) is 0 Å². The number of halogens is 1. The zero-order chi connectivity index (χ0) is 12.8. The Morgan fingerprint density at radius 2 is 1.94 bits per heavy atom. The Bertz CT molecular complexity index is 358. The smallest absolute Gasteiger partial charge is 0.0207 e. The molecule has 1 aromatic carbocycles. The molecule has 1 nitrogen and oxygen atoms in total. The molecule has 2 rings (SSSR count). The van der Waals surface area contributed by atoms with Crippen molar-refractivity contribution in [3.05, 3.63) is 34.3 Å². The first kappa shape index (κ1) is 14.1. The highest BCUT2D eigenvalue weighted by atomic mass is 79.9. The van der Waals surface area contributed by atoms with E-state index in [4.69, 9.17) is 0 Å². The zero-order valence-electron chi connectivity index (χ0n) is 11.3. The summed E-state index contributed by atoms with van der Waals surface area (Å²) in [4.78, 5) is 0. The SMILES string of the molecule is CNCC(Cc1ccccc1Br)C1CCCCC1. The van der Waals surface area contributed by atoms with Gasteiger partial charge in [-0.1, -0.05) is 66.2 Å². The molecule has 0 bridgehead atoms. The average Bonchev–Trinajstić information content (AvgIpc) is 2.42. The predicted octanol–water partition coefficient (Wildman–Crippen LogP) is 4.41. The molecule has 1 N–H and O–H groups in total. The molecule has 1 unspecified atom stereocenters. The molecule has 0 radical (unpaired) electrons. The van der Waals surface area contributed by atoms with Crippen LogP contribution in [-0.4, -0.2) is 13.6 Å². The van der Waals surface area contributed by atoms with E-state index in [2.05, 4.69) is 52.6 Å². The Hall–Kier alpha value is -0.340. The number of hydrogen-bond donors (Lipinski definition) is 1. The summed E-state index contributed by atoms with van der Waals surface area (Å²) in [6.45, 7) is 1.14. The summed E-state index contributed by atoms with van der Waals surface area (Å²) in [6, 6.07) is 8.67. The van der Waals surface area contributed by atoms with Gasteiger partial charge in [-0.15, -0.1) is 0 Å². The van der Waals surface area contributed by atoms with Gasteiger partial charge in [-0.05, 0) is 43.5 Å². The lowest BCUT2D eigenvalue weighted by atomic mass is 9.77. The zero-order valence-corrected chi connectivity index (χ0v) is 12.9. The van der Waals surface area contributed by atoms with Gasteiger partial charge in [0, 0.05) is 4.47 Å². The van der Waals surface area contributed by atoms with Crippen LogP contribution in [0.5, 0.6) is 0 Å². The second-order valence-electron chi connectivity index (χ2n) is 5.51. The van der Waals surface area contributed by atoms with Gasteiger partial charge in [0.05, 0.1) is 0 Å². The summed E-state index contributed by atoms with van der Waals surface area (Å²) in [7, 11) is 2.08. The molecule has 2 heteroatoms. The Balaban J connectivity index is 2.03. The lowest BCUT2D eigenvalue weighted by molar-refractivity contribution is 0.242. The van der Waals surface area contributed by atoms with Crippen LogP contribution in [0.4, 0.5) is 0 Å². The molecule has 0 aliphatic heterocycles. The molecule has 0 aromatic heterocycles. The molecule has 0 heterocycles. The molecular formula is C16H24BrN. The van der Waals surface area contributed by atoms with Crippen molar-refractivity contribution in [2.75, 3.05) is 13.6 Å². The molecule has 1 aromatic rings. The maximum Gasteiger partial charge on any atom is 0.0207 e. The van der Waals surface area contributed by atoms with Crippen molar-refractivity contribution in [1.29, 1.82) is 0 Å². The van der Waals surface area contributed by atoms with Crippen LogP contribution in [0, 0.1) is 11.8 Å². The Morgan fingerprint density at radius 3 is 2.61 bits per heavy atom. The minimum atomic E-state index is 0.786. The Labute approximate surface area is 119 Å². The molecule has 1 aliphatic carbocycles. The number of benzene rings is 1. The van der Waals surface area contributed by atoms with Crippen molar-refractivity contribution in [1.82, 2.24) is 5.32 Å². The van der Waals surface area contributed by atoms with E-state index < -0.39 is 0 Å². The van der Waals surface area contributed by atoms with Gasteiger partial charge in [0.2, 0.25) is 0 Å². The largest absolute Gasteiger partial charge is 0.319 e. The van der Waals surface area contributed by atoms with E-state index in [0.29, 0.717) is 0 Å². The minimum absolute atomic E-state index is 0.786. The third kappa shape index (κ3) is 3.83. The van der Waals surface area contributed by atoms with Gasteiger partial charge >= 0.3 is 0 Å². The van der Waals surface area contributed by atoms with Crippen molar-refractivity contribution in [3.63, 3.8) is 0 Å². The lowest BCUT2D eigenvalue weighted by Gasteiger charge is -2.30. The van der Waals surface area contributed by atoms with Crippen LogP contribution in [-0.2, 0) is 6.42 Å². The van der Waals surface area contributed by atoms with Crippen LogP contribution in [0.15, 0.2) is 28.7 Å². The maximum atomic E-state index is 3.68. The van der Waals surface area contributed by atoms with Gasteiger partial charge in [-0.3, -0.25) is 0 Å². The normalized spacial score (nSPS) is 18.8. The predicted molar refractivity (Wildman–Crippen MR) is 81.8 cm³/mol. The van der Waals surface area contributed by atoms with E-state index in [-0.39, 0.29) is 0 Å². The Morgan fingerprint density at radius 1 is 1.22 bits per heavy atom. The summed E-state index contributed by atoms with van der Waals surface area (Å²) in [6.07, 6.45) is 8.36. The molecular weight excluding hydrogens is 286 g/mol. The highest BCUT2D eigenvalue weighted by Crippen LogP contribution is 2.32. The van der Waals surface area contributed by atoms with Gasteiger partial charge in [0.25, 0.3) is 0 Å².